The van der Waals surface area contributed by atoms with Crippen LogP contribution in [-0.4, -0.2) is 46.1 Å². The molecule has 0 aromatic carbocycles. The number of halogens is 3. The van der Waals surface area contributed by atoms with E-state index in [1.807, 2.05) is 0 Å². The van der Waals surface area contributed by atoms with Gasteiger partial charge in [0, 0.05) is 0 Å². The van der Waals surface area contributed by atoms with Gasteiger partial charge in [0.25, 0.3) is 0 Å². The van der Waals surface area contributed by atoms with Crippen LogP contribution in [-0.2, 0) is 25.2 Å². The first-order chi connectivity index (χ1) is 21.8. The van der Waals surface area contributed by atoms with Gasteiger partial charge in [-0.05, 0) is 111 Å². The molecule has 272 valence electrons. The minimum atomic E-state index is -5.19. The zero-order valence-electron chi connectivity index (χ0n) is 28.9. The van der Waals surface area contributed by atoms with Gasteiger partial charge in [0.15, 0.2) is 0 Å². The fourth-order valence-corrected chi connectivity index (χ4v) is 19.4. The number of aliphatic carboxylic acids is 1. The van der Waals surface area contributed by atoms with E-state index in [-0.39, 0.29) is 20.4 Å². The number of rotatable bonds is 6. The third-order valence-corrected chi connectivity index (χ3v) is 20.4. The van der Waals surface area contributed by atoms with Gasteiger partial charge < -0.3 is 9.90 Å². The maximum absolute atomic E-state index is 10.5. The summed E-state index contributed by atoms with van der Waals surface area (Å²) in [5.41, 5.74) is 7.14. The fourth-order valence-electron chi connectivity index (χ4n) is 10.1. The monoisotopic (exact) mass is 780 g/mol. The molecule has 1 radical (unpaired) electrons. The summed E-state index contributed by atoms with van der Waals surface area (Å²) in [6, 6.07) is 0. The number of carboxylic acid groups (broad SMARTS) is 1. The second-order valence-electron chi connectivity index (χ2n) is 15.4. The molecule has 6 saturated carbocycles. The van der Waals surface area contributed by atoms with Crippen LogP contribution in [0.3, 0.4) is 0 Å². The molecule has 0 heterocycles. The Morgan fingerprint density at radius 2 is 0.522 bits per heavy atom. The second kappa shape index (κ2) is 22.6. The van der Waals surface area contributed by atoms with E-state index in [9.17, 15) is 13.2 Å². The molecular weight excluding hydrogens is 714 g/mol. The van der Waals surface area contributed by atoms with Crippen molar-refractivity contribution in [3.05, 3.63) is 0 Å². The van der Waals surface area contributed by atoms with Crippen molar-refractivity contribution in [3.8, 4) is 0 Å². The van der Waals surface area contributed by atoms with Crippen LogP contribution >= 0.6 is 15.8 Å². The van der Waals surface area contributed by atoms with Crippen LogP contribution in [0.4, 0.5) is 13.2 Å². The van der Waals surface area contributed by atoms with Crippen molar-refractivity contribution >= 4 is 21.8 Å². The molecule has 6 fully saturated rings. The average Bonchev–Trinajstić information content (AvgIpc) is 3.08. The molecule has 0 aromatic rings. The Bertz CT molecular complexity index is 655. The van der Waals surface area contributed by atoms with Crippen molar-refractivity contribution in [1.82, 2.24) is 0 Å². The summed E-state index contributed by atoms with van der Waals surface area (Å²) in [5, 5.41) is 8.78. The first-order valence-electron chi connectivity index (χ1n) is 19.7. The van der Waals surface area contributed by atoms with Crippen LogP contribution in [0.5, 0.6) is 0 Å². The molecule has 8 heteroatoms. The van der Waals surface area contributed by atoms with Crippen molar-refractivity contribution < 1.29 is 43.5 Å². The summed E-state index contributed by atoms with van der Waals surface area (Å²) in [6.07, 6.45) is 42.0. The Kier molecular flexibility index (Phi) is 20.2. The number of alkyl halides is 3. The maximum atomic E-state index is 10.5. The van der Waals surface area contributed by atoms with Crippen LogP contribution < -0.4 is 5.11 Å². The summed E-state index contributed by atoms with van der Waals surface area (Å²) in [5.74, 6) is -3.01. The number of hydrogen-bond acceptors (Lipinski definition) is 2. The summed E-state index contributed by atoms with van der Waals surface area (Å²) in [7, 11) is 0.770. The first-order valence-corrected chi connectivity index (χ1v) is 22.8. The molecule has 0 N–H and O–H groups in total. The van der Waals surface area contributed by atoms with Crippen molar-refractivity contribution in [2.24, 2.45) is 0 Å². The van der Waals surface area contributed by atoms with E-state index in [0.717, 1.165) is 0 Å². The van der Waals surface area contributed by atoms with E-state index in [4.69, 9.17) is 9.90 Å². The minimum absolute atomic E-state index is 0. The standard InChI is InChI=1S/2C18H33P.C2HF3O2.Pd.H/c2*1-4-10-16(11-5-1)19(17-12-6-2-7-13-17)18-14-8-3-9-15-18;3-2(4,5)1(6)7;;/h2*16-18H,1-15H2;(H,6,7);;/q;;;+1;/p-1. The Morgan fingerprint density at radius 1 is 0.391 bits per heavy atom. The van der Waals surface area contributed by atoms with Gasteiger partial charge in [-0.2, -0.15) is 13.2 Å². The molecule has 6 aliphatic rings. The third-order valence-electron chi connectivity index (χ3n) is 12.2. The van der Waals surface area contributed by atoms with E-state index >= 15 is 0 Å². The topological polar surface area (TPSA) is 40.1 Å². The fraction of sp³-hybridized carbons (Fsp3) is 0.974. The van der Waals surface area contributed by atoms with Crippen molar-refractivity contribution in [2.45, 2.75) is 233 Å². The van der Waals surface area contributed by atoms with Gasteiger partial charge in [0.05, 0.1) is 0 Å². The number of carbonyl (C=O) groups is 1. The molecule has 6 rings (SSSR count). The predicted molar refractivity (Wildman–Crippen MR) is 188 cm³/mol. The zero-order valence-corrected chi connectivity index (χ0v) is 32.3. The zero-order chi connectivity index (χ0) is 31.9. The molecule has 2 nitrogen and oxygen atoms in total. The number of carboxylic acids is 1. The third kappa shape index (κ3) is 13.8. The van der Waals surface area contributed by atoms with Crippen LogP contribution in [0.25, 0.3) is 0 Å². The Labute approximate surface area is 296 Å². The van der Waals surface area contributed by atoms with Gasteiger partial charge in [-0.3, -0.25) is 0 Å². The molecule has 0 atom stereocenters. The molecule has 0 aliphatic heterocycles. The van der Waals surface area contributed by atoms with Crippen molar-refractivity contribution in [3.63, 3.8) is 0 Å². The Morgan fingerprint density at radius 3 is 0.630 bits per heavy atom. The molecule has 0 amide bonds. The van der Waals surface area contributed by atoms with Crippen LogP contribution in [0.2, 0.25) is 0 Å². The van der Waals surface area contributed by atoms with Crippen LogP contribution in [0, 0.1) is 0 Å². The normalized spacial score (nSPS) is 25.6. The molecule has 0 aromatic heterocycles. The quantitative estimate of drug-likeness (QED) is 0.199. The van der Waals surface area contributed by atoms with E-state index in [1.54, 1.807) is 154 Å². The summed E-state index contributed by atoms with van der Waals surface area (Å²) < 4.78 is 31.5. The van der Waals surface area contributed by atoms with E-state index in [1.165, 1.54) is 72.5 Å². The number of hydrogen-bond donors (Lipinski definition) is 0. The van der Waals surface area contributed by atoms with Crippen molar-refractivity contribution in [2.75, 3.05) is 0 Å². The molecular formula is C38H67F3O2P2Pd. The van der Waals surface area contributed by atoms with Gasteiger partial charge in [-0.25, -0.2) is 0 Å². The number of carbonyl (C=O) groups excluding carboxylic acids is 1. The predicted octanol–water partition coefficient (Wildman–Crippen LogP) is 12.0. The van der Waals surface area contributed by atoms with Gasteiger partial charge in [0.1, 0.15) is 5.97 Å². The molecule has 0 unspecified atom stereocenters. The molecule has 0 bridgehead atoms. The van der Waals surface area contributed by atoms with Gasteiger partial charge in [0.2, 0.25) is 0 Å². The van der Waals surface area contributed by atoms with E-state index < -0.39 is 12.1 Å². The molecule has 0 spiro atoms. The Hall–Kier alpha value is 0.782. The molecule has 0 saturated heterocycles. The second-order valence-corrected chi connectivity index (χ2v) is 21.6. The molecule has 46 heavy (non-hydrogen) atoms. The summed E-state index contributed by atoms with van der Waals surface area (Å²) in [6.45, 7) is 0. The van der Waals surface area contributed by atoms with Crippen LogP contribution in [0.15, 0.2) is 0 Å². The van der Waals surface area contributed by atoms with Gasteiger partial charge >= 0.3 is 26.6 Å². The Balaban J connectivity index is 0.000000205. The summed E-state index contributed by atoms with van der Waals surface area (Å²) in [4.78, 5) is 8.78. The van der Waals surface area contributed by atoms with Crippen LogP contribution in [0.1, 0.15) is 193 Å². The SMILES string of the molecule is C1CCC(P(C2CCCCC2)C2CCCCC2)CC1.C1CCC(P(C2CCCCC2)C2CCCCC2)CC1.O=C([O-])C(F)(F)F.[PdH+]. The van der Waals surface area contributed by atoms with Gasteiger partial charge in [-0.15, -0.1) is 0 Å². The molecule has 6 aliphatic carbocycles. The van der Waals surface area contributed by atoms with Crippen molar-refractivity contribution in [1.29, 1.82) is 0 Å². The first kappa shape index (κ1) is 41.2. The van der Waals surface area contributed by atoms with E-state index in [0.29, 0.717) is 15.8 Å². The van der Waals surface area contributed by atoms with Gasteiger partial charge in [-0.1, -0.05) is 131 Å². The summed E-state index contributed by atoms with van der Waals surface area (Å²) >= 11 is 0. The van der Waals surface area contributed by atoms with E-state index in [2.05, 4.69) is 0 Å². The average molecular weight is 781 g/mol.